The molecule has 0 bridgehead atoms. The number of halogens is 2. The number of aryl methyl sites for hydroxylation is 1. The zero-order chi connectivity index (χ0) is 15.9. The van der Waals surface area contributed by atoms with Gasteiger partial charge < -0.3 is 14.6 Å². The fourth-order valence-corrected chi connectivity index (χ4v) is 2.90. The minimum atomic E-state index is -0.567. The molecule has 1 aromatic carbocycles. The molecule has 0 saturated heterocycles. The number of aromatic nitrogens is 2. The van der Waals surface area contributed by atoms with Crippen LogP contribution in [0.3, 0.4) is 0 Å². The van der Waals surface area contributed by atoms with E-state index in [0.717, 1.165) is 11.4 Å². The number of benzene rings is 1. The Morgan fingerprint density at radius 2 is 2.32 bits per heavy atom. The molecule has 1 unspecified atom stereocenters. The van der Waals surface area contributed by atoms with Crippen LogP contribution in [0.25, 0.3) is 0 Å². The standard InChI is InChI=1S/C15H15ClFN3O2/c1-19-8-18-13-6-20(10(7-21)5-14(13)19)15(22)9-2-3-12(17)11(16)4-9/h2-4,8,10,21H,5-7H2,1H3. The number of nitrogens with zero attached hydrogens (tertiary/aromatic N) is 3. The number of aliphatic hydroxyl groups excluding tert-OH is 1. The molecule has 1 aliphatic heterocycles. The number of rotatable bonds is 2. The zero-order valence-corrected chi connectivity index (χ0v) is 12.7. The van der Waals surface area contributed by atoms with Gasteiger partial charge in [-0.15, -0.1) is 0 Å². The largest absolute Gasteiger partial charge is 0.394 e. The van der Waals surface area contributed by atoms with Gasteiger partial charge in [0.15, 0.2) is 0 Å². The Hall–Kier alpha value is -1.92. The van der Waals surface area contributed by atoms with E-state index in [2.05, 4.69) is 4.98 Å². The van der Waals surface area contributed by atoms with Gasteiger partial charge >= 0.3 is 0 Å². The van der Waals surface area contributed by atoms with Crippen LogP contribution in [0.5, 0.6) is 0 Å². The maximum absolute atomic E-state index is 13.2. The van der Waals surface area contributed by atoms with Crippen molar-refractivity contribution in [3.63, 3.8) is 0 Å². The first-order valence-corrected chi connectivity index (χ1v) is 7.25. The van der Waals surface area contributed by atoms with Gasteiger partial charge in [0.1, 0.15) is 5.82 Å². The van der Waals surface area contributed by atoms with Gasteiger partial charge in [0.2, 0.25) is 0 Å². The number of carbonyl (C=O) groups excluding carboxylic acids is 1. The SMILES string of the molecule is Cn1cnc2c1CC(CO)N(C(=O)c1ccc(F)c(Cl)c1)C2. The topological polar surface area (TPSA) is 58.4 Å². The van der Waals surface area contributed by atoms with Gasteiger partial charge in [0.25, 0.3) is 5.91 Å². The first-order chi connectivity index (χ1) is 10.5. The van der Waals surface area contributed by atoms with Crippen molar-refractivity contribution >= 4 is 17.5 Å². The van der Waals surface area contributed by atoms with Crippen molar-refractivity contribution in [3.05, 3.63) is 52.3 Å². The van der Waals surface area contributed by atoms with E-state index in [4.69, 9.17) is 11.6 Å². The van der Waals surface area contributed by atoms with Gasteiger partial charge in [-0.2, -0.15) is 0 Å². The molecule has 2 aromatic rings. The number of hydrogen-bond acceptors (Lipinski definition) is 3. The predicted octanol–water partition coefficient (Wildman–Crippen LogP) is 1.77. The van der Waals surface area contributed by atoms with Crippen molar-refractivity contribution in [1.82, 2.24) is 14.5 Å². The predicted molar refractivity (Wildman–Crippen MR) is 79.1 cm³/mol. The molecule has 7 heteroatoms. The Bertz CT molecular complexity index is 732. The van der Waals surface area contributed by atoms with E-state index >= 15 is 0 Å². The van der Waals surface area contributed by atoms with E-state index in [-0.39, 0.29) is 23.6 Å². The Balaban J connectivity index is 1.92. The summed E-state index contributed by atoms with van der Waals surface area (Å²) in [4.78, 5) is 18.5. The molecule has 22 heavy (non-hydrogen) atoms. The summed E-state index contributed by atoms with van der Waals surface area (Å²) < 4.78 is 15.1. The lowest BCUT2D eigenvalue weighted by Gasteiger charge is -2.34. The molecular weight excluding hydrogens is 309 g/mol. The molecule has 1 aromatic heterocycles. The molecule has 2 heterocycles. The lowest BCUT2D eigenvalue weighted by atomic mass is 10.0. The molecule has 1 aliphatic rings. The molecule has 0 spiro atoms. The molecule has 116 valence electrons. The van der Waals surface area contributed by atoms with Gasteiger partial charge in [-0.05, 0) is 18.2 Å². The lowest BCUT2D eigenvalue weighted by Crippen LogP contribution is -2.46. The third kappa shape index (κ3) is 2.48. The molecule has 0 fully saturated rings. The summed E-state index contributed by atoms with van der Waals surface area (Å²) in [5, 5.41) is 9.50. The Morgan fingerprint density at radius 3 is 3.00 bits per heavy atom. The van der Waals surface area contributed by atoms with Gasteiger partial charge in [-0.1, -0.05) is 11.6 Å². The van der Waals surface area contributed by atoms with E-state index in [9.17, 15) is 14.3 Å². The Morgan fingerprint density at radius 1 is 1.55 bits per heavy atom. The molecule has 1 atom stereocenters. The van der Waals surface area contributed by atoms with Crippen molar-refractivity contribution < 1.29 is 14.3 Å². The third-order valence-corrected chi connectivity index (χ3v) is 4.26. The molecule has 0 aliphatic carbocycles. The molecular formula is C15H15ClFN3O2. The highest BCUT2D eigenvalue weighted by molar-refractivity contribution is 6.31. The normalized spacial score (nSPS) is 17.5. The van der Waals surface area contributed by atoms with Crippen LogP contribution in [0.4, 0.5) is 4.39 Å². The number of carbonyl (C=O) groups is 1. The smallest absolute Gasteiger partial charge is 0.254 e. The lowest BCUT2D eigenvalue weighted by molar-refractivity contribution is 0.0536. The maximum atomic E-state index is 13.2. The van der Waals surface area contributed by atoms with E-state index in [1.54, 1.807) is 11.2 Å². The number of hydrogen-bond donors (Lipinski definition) is 1. The van der Waals surface area contributed by atoms with Crippen molar-refractivity contribution in [2.24, 2.45) is 7.05 Å². The summed E-state index contributed by atoms with van der Waals surface area (Å²) >= 11 is 5.74. The first-order valence-electron chi connectivity index (χ1n) is 6.87. The second-order valence-electron chi connectivity index (χ2n) is 5.35. The third-order valence-electron chi connectivity index (χ3n) is 3.97. The fraction of sp³-hybridized carbons (Fsp3) is 0.333. The van der Waals surface area contributed by atoms with E-state index in [0.29, 0.717) is 18.5 Å². The van der Waals surface area contributed by atoms with Gasteiger partial charge in [-0.3, -0.25) is 4.79 Å². The molecule has 3 rings (SSSR count). The Kier molecular flexibility index (Phi) is 3.88. The molecule has 0 saturated carbocycles. The van der Waals surface area contributed by atoms with E-state index < -0.39 is 5.82 Å². The van der Waals surface area contributed by atoms with Crippen LogP contribution in [0, 0.1) is 5.82 Å². The molecule has 1 N–H and O–H groups in total. The minimum Gasteiger partial charge on any atom is -0.394 e. The van der Waals surface area contributed by atoms with Crippen LogP contribution in [-0.4, -0.2) is 38.1 Å². The molecule has 1 amide bonds. The van der Waals surface area contributed by atoms with E-state index in [1.807, 2.05) is 11.6 Å². The average molecular weight is 324 g/mol. The summed E-state index contributed by atoms with van der Waals surface area (Å²) in [6.45, 7) is 0.167. The second kappa shape index (κ2) is 5.70. The van der Waals surface area contributed by atoms with Gasteiger partial charge in [0, 0.05) is 24.7 Å². The number of imidazole rings is 1. The van der Waals surface area contributed by atoms with Crippen LogP contribution >= 0.6 is 11.6 Å². The van der Waals surface area contributed by atoms with Crippen LogP contribution in [0.1, 0.15) is 21.7 Å². The summed E-state index contributed by atoms with van der Waals surface area (Å²) in [5.41, 5.74) is 2.12. The number of fused-ring (bicyclic) bond motifs is 1. The van der Waals surface area contributed by atoms with Crippen molar-refractivity contribution in [1.29, 1.82) is 0 Å². The first kappa shape index (κ1) is 15.0. The quantitative estimate of drug-likeness (QED) is 0.916. The van der Waals surface area contributed by atoms with Gasteiger partial charge in [0.05, 0.1) is 36.2 Å². The van der Waals surface area contributed by atoms with Crippen molar-refractivity contribution in [3.8, 4) is 0 Å². The summed E-state index contributed by atoms with van der Waals surface area (Å²) in [7, 11) is 1.89. The number of aliphatic hydroxyl groups is 1. The average Bonchev–Trinajstić information content (AvgIpc) is 2.88. The highest BCUT2D eigenvalue weighted by Gasteiger charge is 2.32. The van der Waals surface area contributed by atoms with Gasteiger partial charge in [-0.25, -0.2) is 9.37 Å². The van der Waals surface area contributed by atoms with E-state index in [1.165, 1.54) is 18.2 Å². The number of amides is 1. The highest BCUT2D eigenvalue weighted by atomic mass is 35.5. The summed E-state index contributed by atoms with van der Waals surface area (Å²) in [6.07, 6.45) is 2.23. The fourth-order valence-electron chi connectivity index (χ4n) is 2.72. The van der Waals surface area contributed by atoms with Crippen molar-refractivity contribution in [2.45, 2.75) is 19.0 Å². The minimum absolute atomic E-state index is 0.0954. The van der Waals surface area contributed by atoms with Crippen LogP contribution < -0.4 is 0 Å². The van der Waals surface area contributed by atoms with Crippen LogP contribution in [0.2, 0.25) is 5.02 Å². The maximum Gasteiger partial charge on any atom is 0.254 e. The van der Waals surface area contributed by atoms with Crippen molar-refractivity contribution in [2.75, 3.05) is 6.61 Å². The summed E-state index contributed by atoms with van der Waals surface area (Å²) in [6, 6.07) is 3.53. The Labute approximate surface area is 131 Å². The monoisotopic (exact) mass is 323 g/mol. The van der Waals surface area contributed by atoms with Crippen LogP contribution in [-0.2, 0) is 20.0 Å². The summed E-state index contributed by atoms with van der Waals surface area (Å²) in [5.74, 6) is -0.861. The zero-order valence-electron chi connectivity index (χ0n) is 12.0. The second-order valence-corrected chi connectivity index (χ2v) is 5.76. The molecule has 5 nitrogen and oxygen atoms in total. The molecule has 0 radical (unpaired) electrons. The van der Waals surface area contributed by atoms with Crippen LogP contribution in [0.15, 0.2) is 24.5 Å². The highest BCUT2D eigenvalue weighted by Crippen LogP contribution is 2.25.